The average molecular weight is 389 g/mol. The van der Waals surface area contributed by atoms with E-state index in [2.05, 4.69) is 10.6 Å². The first kappa shape index (κ1) is 19.4. The van der Waals surface area contributed by atoms with E-state index in [9.17, 15) is 14.0 Å². The maximum atomic E-state index is 12.9. The first-order valence-corrected chi connectivity index (χ1v) is 9.47. The Morgan fingerprint density at radius 2 is 1.44 bits per heavy atom. The predicted molar refractivity (Wildman–Crippen MR) is 104 cm³/mol. The topological polar surface area (TPSA) is 58.2 Å². The Labute approximate surface area is 163 Å². The molecule has 1 aliphatic carbocycles. The van der Waals surface area contributed by atoms with E-state index in [1.54, 1.807) is 24.3 Å². The minimum absolute atomic E-state index is 0.0299. The van der Waals surface area contributed by atoms with Crippen molar-refractivity contribution in [1.29, 1.82) is 0 Å². The van der Waals surface area contributed by atoms with E-state index < -0.39 is 0 Å². The van der Waals surface area contributed by atoms with Crippen LogP contribution in [0, 0.1) is 17.7 Å². The van der Waals surface area contributed by atoms with Crippen LogP contribution < -0.4 is 10.6 Å². The van der Waals surface area contributed by atoms with Crippen LogP contribution in [0.25, 0.3) is 0 Å². The van der Waals surface area contributed by atoms with Gasteiger partial charge in [-0.1, -0.05) is 23.7 Å². The number of amides is 2. The standard InChI is InChI=1S/C21H22ClFN2O2/c22-17-7-1-14(2-8-17)13-24-20(26)15-3-5-16(6-4-15)21(27)25-19-11-9-18(23)10-12-19/h1-2,7-12,15-16H,3-6,13H2,(H,24,26)(H,25,27). The smallest absolute Gasteiger partial charge is 0.227 e. The summed E-state index contributed by atoms with van der Waals surface area (Å²) < 4.78 is 12.9. The van der Waals surface area contributed by atoms with Gasteiger partial charge in [0.15, 0.2) is 0 Å². The van der Waals surface area contributed by atoms with Gasteiger partial charge in [0.2, 0.25) is 11.8 Å². The van der Waals surface area contributed by atoms with Crippen molar-refractivity contribution in [3.63, 3.8) is 0 Å². The molecule has 2 N–H and O–H groups in total. The van der Waals surface area contributed by atoms with Crippen molar-refractivity contribution in [3.05, 3.63) is 64.9 Å². The van der Waals surface area contributed by atoms with E-state index in [1.807, 2.05) is 12.1 Å². The van der Waals surface area contributed by atoms with Gasteiger partial charge in [-0.2, -0.15) is 0 Å². The molecule has 0 aliphatic heterocycles. The summed E-state index contributed by atoms with van der Waals surface area (Å²) in [5.41, 5.74) is 1.59. The molecular weight excluding hydrogens is 367 g/mol. The largest absolute Gasteiger partial charge is 0.352 e. The summed E-state index contributed by atoms with van der Waals surface area (Å²) >= 11 is 5.86. The summed E-state index contributed by atoms with van der Waals surface area (Å²) in [6.07, 6.45) is 2.72. The van der Waals surface area contributed by atoms with Crippen molar-refractivity contribution in [2.24, 2.45) is 11.8 Å². The molecule has 0 radical (unpaired) electrons. The van der Waals surface area contributed by atoms with E-state index in [1.165, 1.54) is 12.1 Å². The first-order chi connectivity index (χ1) is 13.0. The Bertz CT molecular complexity index is 785. The average Bonchev–Trinajstić information content (AvgIpc) is 2.69. The molecule has 3 rings (SSSR count). The van der Waals surface area contributed by atoms with Gasteiger partial charge in [0.05, 0.1) is 0 Å². The summed E-state index contributed by atoms with van der Waals surface area (Å²) in [6, 6.07) is 13.1. The van der Waals surface area contributed by atoms with E-state index in [0.717, 1.165) is 5.56 Å². The van der Waals surface area contributed by atoms with E-state index in [4.69, 9.17) is 11.6 Å². The van der Waals surface area contributed by atoms with Gasteiger partial charge >= 0.3 is 0 Å². The van der Waals surface area contributed by atoms with Gasteiger partial charge in [0, 0.05) is 29.1 Å². The van der Waals surface area contributed by atoms with Crippen molar-refractivity contribution in [2.45, 2.75) is 32.2 Å². The molecule has 1 aliphatic rings. The van der Waals surface area contributed by atoms with E-state index in [0.29, 0.717) is 42.9 Å². The molecule has 0 aromatic heterocycles. The molecule has 0 atom stereocenters. The van der Waals surface area contributed by atoms with Crippen LogP contribution in [0.2, 0.25) is 5.02 Å². The zero-order valence-corrected chi connectivity index (χ0v) is 15.6. The SMILES string of the molecule is O=C(NCc1ccc(Cl)cc1)C1CCC(C(=O)Nc2ccc(F)cc2)CC1. The number of carbonyl (C=O) groups excluding carboxylic acids is 2. The normalized spacial score (nSPS) is 19.3. The lowest BCUT2D eigenvalue weighted by atomic mass is 9.81. The zero-order chi connectivity index (χ0) is 19.2. The van der Waals surface area contributed by atoms with Crippen LogP contribution in [0.3, 0.4) is 0 Å². The fourth-order valence-electron chi connectivity index (χ4n) is 3.33. The molecule has 2 aromatic rings. The molecule has 27 heavy (non-hydrogen) atoms. The van der Waals surface area contributed by atoms with Crippen LogP contribution in [0.1, 0.15) is 31.2 Å². The lowest BCUT2D eigenvalue weighted by Gasteiger charge is -2.27. The molecular formula is C21H22ClFN2O2. The Balaban J connectivity index is 1.43. The molecule has 0 heterocycles. The molecule has 4 nitrogen and oxygen atoms in total. The Morgan fingerprint density at radius 3 is 2.04 bits per heavy atom. The van der Waals surface area contributed by atoms with Crippen LogP contribution in [-0.2, 0) is 16.1 Å². The number of hydrogen-bond donors (Lipinski definition) is 2. The summed E-state index contributed by atoms with van der Waals surface area (Å²) in [5, 5.41) is 6.45. The quantitative estimate of drug-likeness (QED) is 0.790. The second-order valence-corrected chi connectivity index (χ2v) is 7.33. The highest BCUT2D eigenvalue weighted by atomic mass is 35.5. The zero-order valence-electron chi connectivity index (χ0n) is 14.9. The minimum atomic E-state index is -0.335. The lowest BCUT2D eigenvalue weighted by molar-refractivity contribution is -0.128. The molecule has 0 bridgehead atoms. The number of nitrogens with one attached hydrogen (secondary N) is 2. The molecule has 0 spiro atoms. The molecule has 0 unspecified atom stereocenters. The van der Waals surface area contributed by atoms with Gasteiger partial charge in [0.25, 0.3) is 0 Å². The van der Waals surface area contributed by atoms with Crippen LogP contribution in [-0.4, -0.2) is 11.8 Å². The highest BCUT2D eigenvalue weighted by Crippen LogP contribution is 2.30. The Hall–Kier alpha value is -2.40. The van der Waals surface area contributed by atoms with Gasteiger partial charge in [-0.15, -0.1) is 0 Å². The van der Waals surface area contributed by atoms with Gasteiger partial charge in [-0.25, -0.2) is 4.39 Å². The van der Waals surface area contributed by atoms with Crippen molar-refractivity contribution in [2.75, 3.05) is 5.32 Å². The molecule has 2 aromatic carbocycles. The van der Waals surface area contributed by atoms with Gasteiger partial charge in [-0.05, 0) is 67.6 Å². The first-order valence-electron chi connectivity index (χ1n) is 9.10. The Kier molecular flexibility index (Phi) is 6.45. The fourth-order valence-corrected chi connectivity index (χ4v) is 3.46. The third-order valence-corrected chi connectivity index (χ3v) is 5.21. The van der Waals surface area contributed by atoms with Crippen LogP contribution in [0.15, 0.2) is 48.5 Å². The van der Waals surface area contributed by atoms with Crippen LogP contribution in [0.4, 0.5) is 10.1 Å². The third kappa shape index (κ3) is 5.54. The summed E-state index contributed by atoms with van der Waals surface area (Å²) in [6.45, 7) is 0.473. The number of hydrogen-bond acceptors (Lipinski definition) is 2. The third-order valence-electron chi connectivity index (χ3n) is 4.96. The monoisotopic (exact) mass is 388 g/mol. The number of anilines is 1. The summed E-state index contributed by atoms with van der Waals surface area (Å²) in [7, 11) is 0. The maximum Gasteiger partial charge on any atom is 0.227 e. The molecule has 142 valence electrons. The number of benzene rings is 2. The molecule has 1 saturated carbocycles. The van der Waals surface area contributed by atoms with Gasteiger partial charge in [-0.3, -0.25) is 9.59 Å². The lowest BCUT2D eigenvalue weighted by Crippen LogP contribution is -2.35. The van der Waals surface area contributed by atoms with Crippen molar-refractivity contribution in [3.8, 4) is 0 Å². The molecule has 6 heteroatoms. The minimum Gasteiger partial charge on any atom is -0.352 e. The summed E-state index contributed by atoms with van der Waals surface area (Å²) in [4.78, 5) is 24.7. The predicted octanol–water partition coefficient (Wildman–Crippen LogP) is 4.54. The number of carbonyl (C=O) groups is 2. The second kappa shape index (κ2) is 9.00. The second-order valence-electron chi connectivity index (χ2n) is 6.89. The number of halogens is 2. The molecule has 2 amide bonds. The summed E-state index contributed by atoms with van der Waals surface area (Å²) in [5.74, 6) is -0.551. The van der Waals surface area contributed by atoms with Crippen LogP contribution in [0.5, 0.6) is 0 Å². The van der Waals surface area contributed by atoms with Crippen molar-refractivity contribution in [1.82, 2.24) is 5.32 Å². The van der Waals surface area contributed by atoms with Crippen molar-refractivity contribution >= 4 is 29.1 Å². The number of rotatable bonds is 5. The fraction of sp³-hybridized carbons (Fsp3) is 0.333. The molecule has 1 fully saturated rings. The molecule has 0 saturated heterocycles. The maximum absolute atomic E-state index is 12.9. The Morgan fingerprint density at radius 1 is 0.889 bits per heavy atom. The van der Waals surface area contributed by atoms with Crippen molar-refractivity contribution < 1.29 is 14.0 Å². The van der Waals surface area contributed by atoms with Crippen LogP contribution >= 0.6 is 11.6 Å². The van der Waals surface area contributed by atoms with E-state index >= 15 is 0 Å². The van der Waals surface area contributed by atoms with Gasteiger partial charge < -0.3 is 10.6 Å². The van der Waals surface area contributed by atoms with E-state index in [-0.39, 0.29) is 29.5 Å². The highest BCUT2D eigenvalue weighted by molar-refractivity contribution is 6.30. The van der Waals surface area contributed by atoms with Gasteiger partial charge in [0.1, 0.15) is 5.82 Å². The highest BCUT2D eigenvalue weighted by Gasteiger charge is 2.29.